The topological polar surface area (TPSA) is 78.9 Å². The molecule has 0 aliphatic carbocycles. The summed E-state index contributed by atoms with van der Waals surface area (Å²) in [6.45, 7) is 6.63. The second-order valence-corrected chi connectivity index (χ2v) is 21.0. The number of carbonyl (C=O) groups excluding carboxylic acids is 3. The van der Waals surface area contributed by atoms with Crippen LogP contribution in [-0.4, -0.2) is 37.2 Å². The number of unbranched alkanes of at least 4 members (excludes halogenated alkanes) is 42. The molecule has 1 atom stereocenters. The maximum absolute atomic E-state index is 12.8. The first-order valence-electron chi connectivity index (χ1n) is 30.8. The molecule has 0 radical (unpaired) electrons. The van der Waals surface area contributed by atoms with Crippen molar-refractivity contribution in [3.8, 4) is 0 Å². The molecule has 0 aromatic carbocycles. The highest BCUT2D eigenvalue weighted by molar-refractivity contribution is 5.71. The van der Waals surface area contributed by atoms with Gasteiger partial charge in [-0.1, -0.05) is 295 Å². The Morgan fingerprint density at radius 2 is 0.522 bits per heavy atom. The van der Waals surface area contributed by atoms with Crippen LogP contribution in [-0.2, 0) is 28.6 Å². The fourth-order valence-electron chi connectivity index (χ4n) is 9.30. The lowest BCUT2D eigenvalue weighted by Crippen LogP contribution is -2.30. The minimum Gasteiger partial charge on any atom is -0.462 e. The SMILES string of the molecule is CCCCCC/C=C\C/C=C\CCCCCCCC(=O)OC(COC(=O)CCCCCCCCCC)COC(=O)CCCCCCCCCCCCCCCCCCCCCCCCCCCCC. The van der Waals surface area contributed by atoms with Gasteiger partial charge in [-0.25, -0.2) is 0 Å². The molecule has 0 amide bonds. The van der Waals surface area contributed by atoms with Gasteiger partial charge in [0, 0.05) is 19.3 Å². The first-order chi connectivity index (χ1) is 34.0. The molecule has 0 saturated heterocycles. The maximum atomic E-state index is 12.8. The summed E-state index contributed by atoms with van der Waals surface area (Å²) in [7, 11) is 0. The maximum Gasteiger partial charge on any atom is 0.306 e. The molecule has 0 aliphatic heterocycles. The summed E-state index contributed by atoms with van der Waals surface area (Å²) >= 11 is 0. The van der Waals surface area contributed by atoms with E-state index in [1.54, 1.807) is 0 Å². The van der Waals surface area contributed by atoms with Gasteiger partial charge in [0.25, 0.3) is 0 Å². The van der Waals surface area contributed by atoms with E-state index in [1.807, 2.05) is 0 Å². The molecule has 0 N–H and O–H groups in total. The van der Waals surface area contributed by atoms with Crippen LogP contribution >= 0.6 is 0 Å². The third-order valence-corrected chi connectivity index (χ3v) is 14.0. The van der Waals surface area contributed by atoms with E-state index in [-0.39, 0.29) is 31.1 Å². The van der Waals surface area contributed by atoms with Crippen molar-refractivity contribution in [2.24, 2.45) is 0 Å². The Morgan fingerprint density at radius 3 is 0.812 bits per heavy atom. The van der Waals surface area contributed by atoms with Gasteiger partial charge in [0.1, 0.15) is 13.2 Å². The average molecular weight is 972 g/mol. The highest BCUT2D eigenvalue weighted by atomic mass is 16.6. The van der Waals surface area contributed by atoms with Crippen LogP contribution in [0.4, 0.5) is 0 Å². The lowest BCUT2D eigenvalue weighted by molar-refractivity contribution is -0.167. The van der Waals surface area contributed by atoms with E-state index in [9.17, 15) is 14.4 Å². The van der Waals surface area contributed by atoms with Gasteiger partial charge in [0.2, 0.25) is 0 Å². The third-order valence-electron chi connectivity index (χ3n) is 14.0. The summed E-state index contributed by atoms with van der Waals surface area (Å²) in [5.41, 5.74) is 0. The van der Waals surface area contributed by atoms with Crippen LogP contribution < -0.4 is 0 Å². The van der Waals surface area contributed by atoms with Gasteiger partial charge in [-0.15, -0.1) is 0 Å². The standard InChI is InChI=1S/C63H118O6/c1-4-7-10-13-16-19-21-23-25-27-28-29-30-31-32-33-34-35-36-37-39-40-42-44-47-50-53-56-62(65)68-59-60(58-67-61(64)55-52-49-46-18-15-12-9-6-3)69-63(66)57-54-51-48-45-43-41-38-26-24-22-20-17-14-11-8-5-2/h20,22,26,38,60H,4-19,21,23-25,27-37,39-59H2,1-3H3/b22-20-,38-26-. The van der Waals surface area contributed by atoms with Gasteiger partial charge in [-0.2, -0.15) is 0 Å². The van der Waals surface area contributed by atoms with Crippen LogP contribution in [0.2, 0.25) is 0 Å². The van der Waals surface area contributed by atoms with Crippen LogP contribution in [0.5, 0.6) is 0 Å². The second kappa shape index (κ2) is 58.5. The summed E-state index contributed by atoms with van der Waals surface area (Å²) in [4.78, 5) is 38.0. The van der Waals surface area contributed by atoms with Gasteiger partial charge < -0.3 is 14.2 Å². The number of esters is 3. The number of carbonyl (C=O) groups is 3. The van der Waals surface area contributed by atoms with Crippen molar-refractivity contribution in [2.75, 3.05) is 13.2 Å². The van der Waals surface area contributed by atoms with Gasteiger partial charge in [-0.3, -0.25) is 14.4 Å². The van der Waals surface area contributed by atoms with Gasteiger partial charge in [0.05, 0.1) is 0 Å². The summed E-state index contributed by atoms with van der Waals surface area (Å²) in [6.07, 6.45) is 69.2. The van der Waals surface area contributed by atoms with Crippen molar-refractivity contribution in [1.29, 1.82) is 0 Å². The van der Waals surface area contributed by atoms with Crippen LogP contribution in [0.1, 0.15) is 342 Å². The molecule has 0 aromatic rings. The summed E-state index contributed by atoms with van der Waals surface area (Å²) in [6, 6.07) is 0. The van der Waals surface area contributed by atoms with E-state index in [4.69, 9.17) is 14.2 Å². The molecule has 0 saturated carbocycles. The molecule has 0 spiro atoms. The van der Waals surface area contributed by atoms with E-state index >= 15 is 0 Å². The molecule has 6 heteroatoms. The van der Waals surface area contributed by atoms with Crippen molar-refractivity contribution in [3.63, 3.8) is 0 Å². The minimum absolute atomic E-state index is 0.0720. The Hall–Kier alpha value is -2.11. The van der Waals surface area contributed by atoms with E-state index < -0.39 is 6.10 Å². The molecular formula is C63H118O6. The lowest BCUT2D eigenvalue weighted by Gasteiger charge is -2.18. The Labute approximate surface area is 430 Å². The molecule has 6 nitrogen and oxygen atoms in total. The fraction of sp³-hybridized carbons (Fsp3) is 0.889. The molecule has 0 fully saturated rings. The van der Waals surface area contributed by atoms with E-state index in [2.05, 4.69) is 45.1 Å². The smallest absolute Gasteiger partial charge is 0.306 e. The Bertz CT molecular complexity index is 1110. The van der Waals surface area contributed by atoms with Crippen LogP contribution in [0, 0.1) is 0 Å². The van der Waals surface area contributed by atoms with Crippen LogP contribution in [0.15, 0.2) is 24.3 Å². The van der Waals surface area contributed by atoms with Crippen molar-refractivity contribution >= 4 is 17.9 Å². The third kappa shape index (κ3) is 56.7. The largest absolute Gasteiger partial charge is 0.462 e. The fourth-order valence-corrected chi connectivity index (χ4v) is 9.30. The van der Waals surface area contributed by atoms with E-state index in [1.165, 1.54) is 225 Å². The monoisotopic (exact) mass is 971 g/mol. The molecule has 406 valence electrons. The summed E-state index contributed by atoms with van der Waals surface area (Å²) < 4.78 is 16.8. The van der Waals surface area contributed by atoms with Gasteiger partial charge >= 0.3 is 17.9 Å². The molecule has 0 aliphatic rings. The Kier molecular flexibility index (Phi) is 56.7. The average Bonchev–Trinajstić information content (AvgIpc) is 3.35. The summed E-state index contributed by atoms with van der Waals surface area (Å²) in [5, 5.41) is 0. The first-order valence-corrected chi connectivity index (χ1v) is 30.8. The zero-order valence-electron chi connectivity index (χ0n) is 46.6. The molecule has 0 heterocycles. The van der Waals surface area contributed by atoms with Crippen molar-refractivity contribution in [2.45, 2.75) is 348 Å². The van der Waals surface area contributed by atoms with E-state index in [0.29, 0.717) is 19.3 Å². The molecule has 0 bridgehead atoms. The zero-order valence-corrected chi connectivity index (χ0v) is 46.6. The quantitative estimate of drug-likeness (QED) is 0.0261. The minimum atomic E-state index is -0.773. The van der Waals surface area contributed by atoms with Gasteiger partial charge in [0.15, 0.2) is 6.10 Å². The predicted octanol–water partition coefficient (Wildman–Crippen LogP) is 20.7. The Balaban J connectivity index is 4.08. The van der Waals surface area contributed by atoms with Crippen molar-refractivity contribution in [1.82, 2.24) is 0 Å². The number of rotatable bonds is 57. The highest BCUT2D eigenvalue weighted by Crippen LogP contribution is 2.18. The first kappa shape index (κ1) is 66.9. The van der Waals surface area contributed by atoms with Gasteiger partial charge in [-0.05, 0) is 51.4 Å². The molecule has 1 unspecified atom stereocenters. The van der Waals surface area contributed by atoms with Crippen molar-refractivity contribution < 1.29 is 28.6 Å². The molecule has 69 heavy (non-hydrogen) atoms. The number of hydrogen-bond donors (Lipinski definition) is 0. The zero-order chi connectivity index (χ0) is 50.0. The number of hydrogen-bond acceptors (Lipinski definition) is 6. The van der Waals surface area contributed by atoms with Crippen molar-refractivity contribution in [3.05, 3.63) is 24.3 Å². The van der Waals surface area contributed by atoms with Crippen LogP contribution in [0.25, 0.3) is 0 Å². The van der Waals surface area contributed by atoms with E-state index in [0.717, 1.165) is 77.0 Å². The highest BCUT2D eigenvalue weighted by Gasteiger charge is 2.19. The predicted molar refractivity (Wildman–Crippen MR) is 298 cm³/mol. The molecule has 0 aromatic heterocycles. The molecular weight excluding hydrogens is 853 g/mol. The number of allylic oxidation sites excluding steroid dienone is 4. The summed E-state index contributed by atoms with van der Waals surface area (Å²) in [5.74, 6) is -0.870. The van der Waals surface area contributed by atoms with Crippen LogP contribution in [0.3, 0.4) is 0 Å². The Morgan fingerprint density at radius 1 is 0.290 bits per heavy atom. The number of ether oxygens (including phenoxy) is 3. The normalized spacial score (nSPS) is 12.1. The molecule has 0 rings (SSSR count). The second-order valence-electron chi connectivity index (χ2n) is 21.0. The lowest BCUT2D eigenvalue weighted by atomic mass is 10.0.